The summed E-state index contributed by atoms with van der Waals surface area (Å²) in [6.07, 6.45) is 3.14. The van der Waals surface area contributed by atoms with Crippen molar-refractivity contribution in [2.24, 2.45) is 17.8 Å². The standard InChI is InChI=1S/C11H20O/c1-7(2)10-6-8(3)5-9(4)11(10)12/h5,7,9-12H,6H2,1-4H3/t9-,10-,11-/m1/s1. The first-order chi connectivity index (χ1) is 5.52. The van der Waals surface area contributed by atoms with Gasteiger partial charge < -0.3 is 5.11 Å². The summed E-state index contributed by atoms with van der Waals surface area (Å²) in [7, 11) is 0. The summed E-state index contributed by atoms with van der Waals surface area (Å²) < 4.78 is 0. The van der Waals surface area contributed by atoms with Crippen molar-refractivity contribution < 1.29 is 5.11 Å². The molecule has 0 aromatic carbocycles. The molecule has 1 heteroatoms. The molecular weight excluding hydrogens is 148 g/mol. The molecule has 1 nitrogen and oxygen atoms in total. The molecule has 1 N–H and O–H groups in total. The highest BCUT2D eigenvalue weighted by Gasteiger charge is 2.29. The second kappa shape index (κ2) is 3.61. The molecule has 0 unspecified atom stereocenters. The van der Waals surface area contributed by atoms with Crippen molar-refractivity contribution in [2.75, 3.05) is 0 Å². The molecule has 3 atom stereocenters. The third kappa shape index (κ3) is 1.89. The van der Waals surface area contributed by atoms with E-state index in [1.165, 1.54) is 5.57 Å². The Kier molecular flexibility index (Phi) is 2.94. The van der Waals surface area contributed by atoms with Gasteiger partial charge in [0.2, 0.25) is 0 Å². The molecule has 0 aliphatic heterocycles. The Labute approximate surface area is 75.5 Å². The van der Waals surface area contributed by atoms with Gasteiger partial charge in [-0.25, -0.2) is 0 Å². The quantitative estimate of drug-likeness (QED) is 0.597. The second-order valence-corrected chi connectivity index (χ2v) is 4.47. The van der Waals surface area contributed by atoms with Crippen molar-refractivity contribution in [3.63, 3.8) is 0 Å². The maximum absolute atomic E-state index is 9.88. The third-order valence-corrected chi connectivity index (χ3v) is 2.94. The van der Waals surface area contributed by atoms with Gasteiger partial charge in [-0.3, -0.25) is 0 Å². The first kappa shape index (κ1) is 9.79. The van der Waals surface area contributed by atoms with Gasteiger partial charge in [-0.05, 0) is 25.2 Å². The third-order valence-electron chi connectivity index (χ3n) is 2.94. The van der Waals surface area contributed by atoms with Crippen LogP contribution < -0.4 is 0 Å². The van der Waals surface area contributed by atoms with Crippen LogP contribution in [0.1, 0.15) is 34.1 Å². The Bertz CT molecular complexity index is 181. The topological polar surface area (TPSA) is 20.2 Å². The molecule has 0 heterocycles. The van der Waals surface area contributed by atoms with Crippen LogP contribution in [0.5, 0.6) is 0 Å². The Morgan fingerprint density at radius 2 is 2.08 bits per heavy atom. The molecule has 12 heavy (non-hydrogen) atoms. The minimum Gasteiger partial charge on any atom is -0.392 e. The van der Waals surface area contributed by atoms with E-state index in [1.54, 1.807) is 0 Å². The summed E-state index contributed by atoms with van der Waals surface area (Å²) in [5.74, 6) is 1.39. The Hall–Kier alpha value is -0.300. The van der Waals surface area contributed by atoms with E-state index in [0.717, 1.165) is 6.42 Å². The van der Waals surface area contributed by atoms with Crippen molar-refractivity contribution in [3.05, 3.63) is 11.6 Å². The molecular formula is C11H20O. The Morgan fingerprint density at radius 3 is 2.58 bits per heavy atom. The molecule has 0 radical (unpaired) electrons. The van der Waals surface area contributed by atoms with Crippen molar-refractivity contribution in [1.29, 1.82) is 0 Å². The summed E-state index contributed by atoms with van der Waals surface area (Å²) >= 11 is 0. The number of rotatable bonds is 1. The smallest absolute Gasteiger partial charge is 0.0633 e. The minimum absolute atomic E-state index is 0.131. The summed E-state index contributed by atoms with van der Waals surface area (Å²) in [4.78, 5) is 0. The van der Waals surface area contributed by atoms with E-state index in [4.69, 9.17) is 0 Å². The summed E-state index contributed by atoms with van der Waals surface area (Å²) in [5.41, 5.74) is 1.44. The second-order valence-electron chi connectivity index (χ2n) is 4.47. The van der Waals surface area contributed by atoms with Crippen LogP contribution in [0.3, 0.4) is 0 Å². The number of aliphatic hydroxyl groups is 1. The average molecular weight is 168 g/mol. The molecule has 0 fully saturated rings. The van der Waals surface area contributed by atoms with Crippen LogP contribution >= 0.6 is 0 Å². The van der Waals surface area contributed by atoms with Crippen LogP contribution in [-0.2, 0) is 0 Å². The van der Waals surface area contributed by atoms with E-state index in [2.05, 4.69) is 33.8 Å². The molecule has 0 spiro atoms. The number of hydrogen-bond donors (Lipinski definition) is 1. The average Bonchev–Trinajstić information content (AvgIpc) is 1.96. The van der Waals surface area contributed by atoms with Gasteiger partial charge in [0.05, 0.1) is 6.10 Å². The molecule has 0 amide bonds. The minimum atomic E-state index is -0.131. The van der Waals surface area contributed by atoms with E-state index < -0.39 is 0 Å². The molecule has 0 aromatic rings. The Morgan fingerprint density at radius 1 is 1.50 bits per heavy atom. The van der Waals surface area contributed by atoms with E-state index >= 15 is 0 Å². The molecule has 70 valence electrons. The van der Waals surface area contributed by atoms with Crippen LogP contribution in [0.2, 0.25) is 0 Å². The van der Waals surface area contributed by atoms with E-state index in [9.17, 15) is 5.11 Å². The molecule has 0 saturated heterocycles. The summed E-state index contributed by atoms with van der Waals surface area (Å²) in [5, 5.41) is 9.88. The van der Waals surface area contributed by atoms with Crippen molar-refractivity contribution in [2.45, 2.75) is 40.2 Å². The van der Waals surface area contributed by atoms with Gasteiger partial charge in [0.15, 0.2) is 0 Å². The van der Waals surface area contributed by atoms with Crippen molar-refractivity contribution >= 4 is 0 Å². The maximum Gasteiger partial charge on any atom is 0.0633 e. The Balaban J connectivity index is 2.73. The zero-order chi connectivity index (χ0) is 9.30. The van der Waals surface area contributed by atoms with Crippen molar-refractivity contribution in [3.8, 4) is 0 Å². The molecule has 0 saturated carbocycles. The van der Waals surface area contributed by atoms with Crippen LogP contribution in [0, 0.1) is 17.8 Å². The molecule has 1 aliphatic carbocycles. The lowest BCUT2D eigenvalue weighted by atomic mass is 9.75. The zero-order valence-corrected chi connectivity index (χ0v) is 8.54. The highest BCUT2D eigenvalue weighted by molar-refractivity contribution is 5.09. The van der Waals surface area contributed by atoms with Gasteiger partial charge in [-0.15, -0.1) is 0 Å². The fourth-order valence-electron chi connectivity index (χ4n) is 2.13. The van der Waals surface area contributed by atoms with Crippen LogP contribution in [-0.4, -0.2) is 11.2 Å². The number of hydrogen-bond acceptors (Lipinski definition) is 1. The fraction of sp³-hybridized carbons (Fsp3) is 0.818. The predicted octanol–water partition coefficient (Wildman–Crippen LogP) is 2.61. The van der Waals surface area contributed by atoms with Crippen LogP contribution in [0.25, 0.3) is 0 Å². The van der Waals surface area contributed by atoms with E-state index in [1.807, 2.05) is 0 Å². The molecule has 1 aliphatic rings. The van der Waals surface area contributed by atoms with Crippen LogP contribution in [0.15, 0.2) is 11.6 Å². The monoisotopic (exact) mass is 168 g/mol. The first-order valence-electron chi connectivity index (χ1n) is 4.87. The highest BCUT2D eigenvalue weighted by atomic mass is 16.3. The number of allylic oxidation sites excluding steroid dienone is 1. The van der Waals surface area contributed by atoms with Gasteiger partial charge >= 0.3 is 0 Å². The molecule has 1 rings (SSSR count). The summed E-state index contributed by atoms with van der Waals surface area (Å²) in [6.45, 7) is 8.65. The number of aliphatic hydroxyl groups excluding tert-OH is 1. The first-order valence-corrected chi connectivity index (χ1v) is 4.87. The zero-order valence-electron chi connectivity index (χ0n) is 8.54. The van der Waals surface area contributed by atoms with Crippen LogP contribution in [0.4, 0.5) is 0 Å². The van der Waals surface area contributed by atoms with Crippen molar-refractivity contribution in [1.82, 2.24) is 0 Å². The van der Waals surface area contributed by atoms with Gasteiger partial charge in [0, 0.05) is 5.92 Å². The highest BCUT2D eigenvalue weighted by Crippen LogP contribution is 2.32. The van der Waals surface area contributed by atoms with Gasteiger partial charge in [-0.1, -0.05) is 32.4 Å². The van der Waals surface area contributed by atoms with Gasteiger partial charge in [0.1, 0.15) is 0 Å². The fourth-order valence-corrected chi connectivity index (χ4v) is 2.13. The predicted molar refractivity (Wildman–Crippen MR) is 51.9 cm³/mol. The SMILES string of the molecule is CC1=C[C@@H](C)[C@@H](O)[C@@H](C(C)C)C1. The lowest BCUT2D eigenvalue weighted by Crippen LogP contribution is -2.33. The normalized spacial score (nSPS) is 36.8. The molecule has 0 bridgehead atoms. The lowest BCUT2D eigenvalue weighted by Gasteiger charge is -2.33. The van der Waals surface area contributed by atoms with Gasteiger partial charge in [0.25, 0.3) is 0 Å². The van der Waals surface area contributed by atoms with Gasteiger partial charge in [-0.2, -0.15) is 0 Å². The molecule has 0 aromatic heterocycles. The van der Waals surface area contributed by atoms with E-state index in [-0.39, 0.29) is 6.10 Å². The largest absolute Gasteiger partial charge is 0.392 e. The summed E-state index contributed by atoms with van der Waals surface area (Å²) in [6, 6.07) is 0. The lowest BCUT2D eigenvalue weighted by molar-refractivity contribution is 0.0443. The van der Waals surface area contributed by atoms with E-state index in [0.29, 0.717) is 17.8 Å². The maximum atomic E-state index is 9.88.